The third kappa shape index (κ3) is 2.90. The van der Waals surface area contributed by atoms with Crippen molar-refractivity contribution in [1.29, 1.82) is 0 Å². The third-order valence-corrected chi connectivity index (χ3v) is 2.98. The van der Waals surface area contributed by atoms with Gasteiger partial charge in [0.25, 0.3) is 0 Å². The molecule has 0 aliphatic heterocycles. The van der Waals surface area contributed by atoms with Crippen molar-refractivity contribution in [3.8, 4) is 0 Å². The van der Waals surface area contributed by atoms with Gasteiger partial charge >= 0.3 is 0 Å². The van der Waals surface area contributed by atoms with Crippen molar-refractivity contribution in [3.63, 3.8) is 0 Å². The second-order valence-electron chi connectivity index (χ2n) is 4.55. The highest BCUT2D eigenvalue weighted by Crippen LogP contribution is 2.26. The number of anilines is 1. The first-order valence-corrected chi connectivity index (χ1v) is 5.89. The van der Waals surface area contributed by atoms with Crippen molar-refractivity contribution < 1.29 is 13.9 Å². The van der Waals surface area contributed by atoms with E-state index in [-0.39, 0.29) is 5.56 Å². The van der Waals surface area contributed by atoms with Gasteiger partial charge in [0.15, 0.2) is 0 Å². The van der Waals surface area contributed by atoms with Gasteiger partial charge in [-0.1, -0.05) is 12.1 Å². The molecule has 0 aromatic heterocycles. The Kier molecular flexibility index (Phi) is 3.81. The van der Waals surface area contributed by atoms with Crippen molar-refractivity contribution in [2.24, 2.45) is 0 Å². The van der Waals surface area contributed by atoms with E-state index in [0.717, 1.165) is 23.9 Å². The van der Waals surface area contributed by atoms with Crippen LogP contribution in [0.2, 0.25) is 0 Å². The lowest BCUT2D eigenvalue weighted by Crippen LogP contribution is -2.09. The molecule has 2 aromatic carbocycles. The molecule has 0 bridgehead atoms. The monoisotopic (exact) mass is 263 g/mol. The summed E-state index contributed by atoms with van der Waals surface area (Å²) in [6.45, 7) is 0. The van der Waals surface area contributed by atoms with E-state index < -0.39 is 17.7 Å². The van der Waals surface area contributed by atoms with E-state index in [1.807, 2.05) is 31.1 Å². The predicted molar refractivity (Wildman–Crippen MR) is 71.2 cm³/mol. The molecular formula is C15H15F2NO. The summed E-state index contributed by atoms with van der Waals surface area (Å²) < 4.78 is 26.7. The molecule has 0 fully saturated rings. The average Bonchev–Trinajstić information content (AvgIpc) is 2.41. The fraction of sp³-hybridized carbons (Fsp3) is 0.200. The van der Waals surface area contributed by atoms with Gasteiger partial charge in [-0.2, -0.15) is 0 Å². The summed E-state index contributed by atoms with van der Waals surface area (Å²) in [7, 11) is 3.80. The standard InChI is InChI=1S/C15H15F2NO/c1-18(2)12-6-3-10(4-7-12)15(19)13-9-11(16)5-8-14(13)17/h3-9,15,19H,1-2H3. The third-order valence-electron chi connectivity index (χ3n) is 2.98. The summed E-state index contributed by atoms with van der Waals surface area (Å²) in [6.07, 6.45) is -1.17. The van der Waals surface area contributed by atoms with Crippen LogP contribution in [0.15, 0.2) is 42.5 Å². The molecule has 0 heterocycles. The number of benzene rings is 2. The summed E-state index contributed by atoms with van der Waals surface area (Å²) in [6, 6.07) is 10.1. The van der Waals surface area contributed by atoms with Gasteiger partial charge in [-0.25, -0.2) is 8.78 Å². The lowest BCUT2D eigenvalue weighted by atomic mass is 10.0. The first-order chi connectivity index (χ1) is 8.99. The van der Waals surface area contributed by atoms with Crippen molar-refractivity contribution in [1.82, 2.24) is 0 Å². The molecule has 0 aliphatic rings. The zero-order valence-electron chi connectivity index (χ0n) is 10.8. The molecule has 0 saturated heterocycles. The lowest BCUT2D eigenvalue weighted by molar-refractivity contribution is 0.214. The molecule has 0 saturated carbocycles. The van der Waals surface area contributed by atoms with Gasteiger partial charge in [-0.15, -0.1) is 0 Å². The van der Waals surface area contributed by atoms with Gasteiger partial charge in [0.2, 0.25) is 0 Å². The SMILES string of the molecule is CN(C)c1ccc(C(O)c2cc(F)ccc2F)cc1. The number of hydrogen-bond donors (Lipinski definition) is 1. The van der Waals surface area contributed by atoms with Gasteiger partial charge in [0.1, 0.15) is 17.7 Å². The van der Waals surface area contributed by atoms with E-state index in [1.165, 1.54) is 0 Å². The molecule has 0 radical (unpaired) electrons. The Morgan fingerprint density at radius 1 is 1.00 bits per heavy atom. The highest BCUT2D eigenvalue weighted by Gasteiger charge is 2.15. The quantitative estimate of drug-likeness (QED) is 0.919. The fourth-order valence-electron chi connectivity index (χ4n) is 1.86. The van der Waals surface area contributed by atoms with Crippen LogP contribution in [-0.4, -0.2) is 19.2 Å². The molecule has 2 nitrogen and oxygen atoms in total. The Morgan fingerprint density at radius 2 is 1.63 bits per heavy atom. The maximum atomic E-state index is 13.6. The molecule has 2 aromatic rings. The Bertz CT molecular complexity index is 567. The van der Waals surface area contributed by atoms with Crippen LogP contribution in [0.5, 0.6) is 0 Å². The van der Waals surface area contributed by atoms with Gasteiger partial charge in [0, 0.05) is 25.3 Å². The molecule has 0 amide bonds. The van der Waals surface area contributed by atoms with Crippen LogP contribution in [-0.2, 0) is 0 Å². The molecule has 1 unspecified atom stereocenters. The van der Waals surface area contributed by atoms with Crippen LogP contribution in [0.25, 0.3) is 0 Å². The van der Waals surface area contributed by atoms with Crippen LogP contribution < -0.4 is 4.90 Å². The van der Waals surface area contributed by atoms with E-state index in [9.17, 15) is 13.9 Å². The molecule has 4 heteroatoms. The smallest absolute Gasteiger partial charge is 0.129 e. The minimum absolute atomic E-state index is 0.0578. The van der Waals surface area contributed by atoms with Crippen LogP contribution in [0.1, 0.15) is 17.2 Å². The van der Waals surface area contributed by atoms with Crippen LogP contribution >= 0.6 is 0 Å². The molecule has 1 N–H and O–H groups in total. The second kappa shape index (κ2) is 5.36. The fourth-order valence-corrected chi connectivity index (χ4v) is 1.86. The Hall–Kier alpha value is -1.94. The van der Waals surface area contributed by atoms with Crippen molar-refractivity contribution in [3.05, 3.63) is 65.2 Å². The number of nitrogens with zero attached hydrogens (tertiary/aromatic N) is 1. The highest BCUT2D eigenvalue weighted by atomic mass is 19.1. The van der Waals surface area contributed by atoms with E-state index in [1.54, 1.807) is 12.1 Å². The molecule has 19 heavy (non-hydrogen) atoms. The van der Waals surface area contributed by atoms with Gasteiger partial charge in [-0.05, 0) is 35.9 Å². The summed E-state index contributed by atoms with van der Waals surface area (Å²) in [5, 5.41) is 10.1. The second-order valence-corrected chi connectivity index (χ2v) is 4.55. The summed E-state index contributed by atoms with van der Waals surface area (Å²) in [5.74, 6) is -1.19. The highest BCUT2D eigenvalue weighted by molar-refractivity contribution is 5.47. The first-order valence-electron chi connectivity index (χ1n) is 5.89. The molecule has 100 valence electrons. The van der Waals surface area contributed by atoms with Crippen molar-refractivity contribution in [2.75, 3.05) is 19.0 Å². The molecule has 0 spiro atoms. The van der Waals surface area contributed by atoms with E-state index in [4.69, 9.17) is 0 Å². The number of halogens is 2. The Labute approximate surface area is 110 Å². The topological polar surface area (TPSA) is 23.5 Å². The normalized spacial score (nSPS) is 12.3. The summed E-state index contributed by atoms with van der Waals surface area (Å²) >= 11 is 0. The van der Waals surface area contributed by atoms with Crippen molar-refractivity contribution >= 4 is 5.69 Å². The van der Waals surface area contributed by atoms with E-state index in [0.29, 0.717) is 5.56 Å². The molecule has 1 atom stereocenters. The van der Waals surface area contributed by atoms with Gasteiger partial charge < -0.3 is 10.0 Å². The van der Waals surface area contributed by atoms with Crippen molar-refractivity contribution in [2.45, 2.75) is 6.10 Å². The number of hydrogen-bond acceptors (Lipinski definition) is 2. The summed E-state index contributed by atoms with van der Waals surface area (Å²) in [4.78, 5) is 1.92. The average molecular weight is 263 g/mol. The van der Waals surface area contributed by atoms with E-state index in [2.05, 4.69) is 0 Å². The summed E-state index contributed by atoms with van der Waals surface area (Å²) in [5.41, 5.74) is 1.43. The predicted octanol–water partition coefficient (Wildman–Crippen LogP) is 3.11. The largest absolute Gasteiger partial charge is 0.384 e. The molecular weight excluding hydrogens is 248 g/mol. The zero-order valence-corrected chi connectivity index (χ0v) is 10.8. The Balaban J connectivity index is 2.33. The van der Waals surface area contributed by atoms with E-state index >= 15 is 0 Å². The first kappa shape index (κ1) is 13.5. The minimum atomic E-state index is -1.17. The maximum Gasteiger partial charge on any atom is 0.129 e. The number of aliphatic hydroxyl groups is 1. The molecule has 0 aliphatic carbocycles. The Morgan fingerprint density at radius 3 is 2.21 bits per heavy atom. The minimum Gasteiger partial charge on any atom is -0.384 e. The van der Waals surface area contributed by atoms with Crippen LogP contribution in [0, 0.1) is 11.6 Å². The van der Waals surface area contributed by atoms with Crippen LogP contribution in [0.3, 0.4) is 0 Å². The van der Waals surface area contributed by atoms with Crippen LogP contribution in [0.4, 0.5) is 14.5 Å². The lowest BCUT2D eigenvalue weighted by Gasteiger charge is -2.16. The van der Waals surface area contributed by atoms with Gasteiger partial charge in [0.05, 0.1) is 0 Å². The van der Waals surface area contributed by atoms with Gasteiger partial charge in [-0.3, -0.25) is 0 Å². The zero-order chi connectivity index (χ0) is 14.0. The molecule has 2 rings (SSSR count). The number of aliphatic hydroxyl groups excluding tert-OH is 1. The number of rotatable bonds is 3. The maximum absolute atomic E-state index is 13.6.